The maximum atomic E-state index is 12.3. The minimum Gasteiger partial charge on any atom is -0.289 e. The molecule has 0 fully saturated rings. The summed E-state index contributed by atoms with van der Waals surface area (Å²) < 4.78 is 1.20. The highest BCUT2D eigenvalue weighted by Crippen LogP contribution is 2.35. The van der Waals surface area contributed by atoms with Gasteiger partial charge in [0.15, 0.2) is 11.6 Å². The summed E-state index contributed by atoms with van der Waals surface area (Å²) in [6, 6.07) is 1.79. The van der Waals surface area contributed by atoms with Crippen molar-refractivity contribution in [2.24, 2.45) is 0 Å². The number of halogens is 2. The number of Topliss-reactive ketones (excluding diaryl/α,β-unsaturated/α-hetero) is 2. The molecule has 1 aromatic carbocycles. The van der Waals surface area contributed by atoms with E-state index in [1.807, 2.05) is 6.92 Å². The first-order valence-corrected chi connectivity index (χ1v) is 7.72. The fourth-order valence-corrected chi connectivity index (χ4v) is 3.47. The Bertz CT molecular complexity index is 628. The Morgan fingerprint density at radius 3 is 1.95 bits per heavy atom. The van der Waals surface area contributed by atoms with Crippen molar-refractivity contribution in [3.05, 3.63) is 56.0 Å². The lowest BCUT2D eigenvalue weighted by Crippen LogP contribution is -2.10. The lowest BCUT2D eigenvalue weighted by atomic mass is 9.95. The van der Waals surface area contributed by atoms with Crippen molar-refractivity contribution in [3.63, 3.8) is 0 Å². The van der Waals surface area contributed by atoms with Crippen molar-refractivity contribution >= 4 is 43.4 Å². The number of hydrogen-bond acceptors (Lipinski definition) is 2. The van der Waals surface area contributed by atoms with Gasteiger partial charge in [-0.3, -0.25) is 9.59 Å². The monoisotopic (exact) mass is 398 g/mol. The number of carbonyl (C=O) groups excluding carboxylic acids is 2. The first-order valence-electron chi connectivity index (χ1n) is 6.13. The Hall–Kier alpha value is -1.00. The predicted octanol–water partition coefficient (Wildman–Crippen LogP) is 5.29. The summed E-state index contributed by atoms with van der Waals surface area (Å²) in [5.41, 5.74) is 2.67. The fraction of sp³-hybridized carbons (Fsp3) is 0.250. The molecule has 0 unspecified atom stereocenters. The summed E-state index contributed by atoms with van der Waals surface area (Å²) in [6.45, 7) is 12.6. The molecule has 106 valence electrons. The molecule has 2 nitrogen and oxygen atoms in total. The van der Waals surface area contributed by atoms with E-state index in [1.165, 1.54) is 0 Å². The summed E-state index contributed by atoms with van der Waals surface area (Å²) in [7, 11) is 0. The van der Waals surface area contributed by atoms with Crippen molar-refractivity contribution in [1.82, 2.24) is 0 Å². The van der Waals surface area contributed by atoms with Crippen molar-refractivity contribution in [2.45, 2.75) is 27.2 Å². The molecule has 0 aliphatic carbocycles. The zero-order valence-corrected chi connectivity index (χ0v) is 14.9. The van der Waals surface area contributed by atoms with Gasteiger partial charge in [-0.05, 0) is 74.9 Å². The van der Waals surface area contributed by atoms with Gasteiger partial charge >= 0.3 is 0 Å². The van der Waals surface area contributed by atoms with Crippen LogP contribution in [0.4, 0.5) is 0 Å². The van der Waals surface area contributed by atoms with Gasteiger partial charge in [-0.1, -0.05) is 20.1 Å². The second kappa shape index (κ2) is 6.64. The average molecular weight is 400 g/mol. The normalized spacial score (nSPS) is 10.2. The molecule has 0 aliphatic heterocycles. The molecule has 20 heavy (non-hydrogen) atoms. The van der Waals surface area contributed by atoms with E-state index in [2.05, 4.69) is 45.0 Å². The first-order chi connectivity index (χ1) is 9.22. The Labute approximate surface area is 136 Å². The lowest BCUT2D eigenvalue weighted by molar-refractivity contribution is 0.103. The number of carbonyl (C=O) groups is 2. The highest BCUT2D eigenvalue weighted by Gasteiger charge is 2.23. The molecule has 0 saturated carbocycles. The van der Waals surface area contributed by atoms with Crippen LogP contribution in [0, 0.1) is 0 Å². The molecular formula is C16H16Br2O2. The van der Waals surface area contributed by atoms with Gasteiger partial charge in [0.2, 0.25) is 0 Å². The fourth-order valence-electron chi connectivity index (χ4n) is 1.76. The highest BCUT2D eigenvalue weighted by molar-refractivity contribution is 9.11. The van der Waals surface area contributed by atoms with Gasteiger partial charge in [-0.15, -0.1) is 0 Å². The van der Waals surface area contributed by atoms with Gasteiger partial charge in [0, 0.05) is 14.5 Å². The molecule has 0 N–H and O–H groups in total. The van der Waals surface area contributed by atoms with Crippen molar-refractivity contribution < 1.29 is 9.59 Å². The molecule has 0 radical (unpaired) electrons. The van der Waals surface area contributed by atoms with Crippen LogP contribution in [0.15, 0.2) is 39.3 Å². The molecule has 0 bridgehead atoms. The number of hydrogen-bond donors (Lipinski definition) is 0. The van der Waals surface area contributed by atoms with Gasteiger partial charge in [0.05, 0.1) is 5.56 Å². The average Bonchev–Trinajstić information content (AvgIpc) is 2.38. The number of ketones is 2. The van der Waals surface area contributed by atoms with Gasteiger partial charge in [-0.2, -0.15) is 0 Å². The van der Waals surface area contributed by atoms with Crippen molar-refractivity contribution in [3.8, 4) is 0 Å². The van der Waals surface area contributed by atoms with Crippen molar-refractivity contribution in [2.75, 3.05) is 0 Å². The van der Waals surface area contributed by atoms with E-state index < -0.39 is 0 Å². The van der Waals surface area contributed by atoms with Crippen LogP contribution in [-0.2, 0) is 6.42 Å². The van der Waals surface area contributed by atoms with E-state index in [-0.39, 0.29) is 11.6 Å². The van der Waals surface area contributed by atoms with Crippen LogP contribution in [0.2, 0.25) is 0 Å². The molecule has 1 aromatic rings. The molecule has 0 saturated heterocycles. The molecule has 0 heterocycles. The Morgan fingerprint density at radius 2 is 1.55 bits per heavy atom. The Morgan fingerprint density at radius 1 is 1.05 bits per heavy atom. The quantitative estimate of drug-likeness (QED) is 0.497. The second-order valence-electron chi connectivity index (χ2n) is 4.66. The standard InChI is InChI=1S/C16H16Br2O2/c1-6-10-7-11(15(19)8(2)3)14(18)12(13(10)17)16(20)9(4)5/h7H,2,4,6H2,1,3,5H3. The molecule has 0 aliphatic rings. The summed E-state index contributed by atoms with van der Waals surface area (Å²) in [5.74, 6) is -0.357. The molecule has 1 rings (SSSR count). The SMILES string of the molecule is C=C(C)C(=O)c1cc(CC)c(Br)c(C(=O)C(=C)C)c1Br. The maximum Gasteiger partial charge on any atom is 0.190 e. The molecule has 4 heteroatoms. The third kappa shape index (κ3) is 3.18. The number of rotatable bonds is 5. The molecule has 0 amide bonds. The predicted molar refractivity (Wildman–Crippen MR) is 89.5 cm³/mol. The van der Waals surface area contributed by atoms with Gasteiger partial charge < -0.3 is 0 Å². The minimum absolute atomic E-state index is 0.171. The largest absolute Gasteiger partial charge is 0.289 e. The number of benzene rings is 1. The van der Waals surface area contributed by atoms with Crippen molar-refractivity contribution in [1.29, 1.82) is 0 Å². The van der Waals surface area contributed by atoms with E-state index in [9.17, 15) is 9.59 Å². The van der Waals surface area contributed by atoms with E-state index in [1.54, 1.807) is 19.9 Å². The van der Waals surface area contributed by atoms with Crippen LogP contribution in [-0.4, -0.2) is 11.6 Å². The smallest absolute Gasteiger partial charge is 0.190 e. The highest BCUT2D eigenvalue weighted by atomic mass is 79.9. The molecule has 0 aromatic heterocycles. The minimum atomic E-state index is -0.185. The molecule has 0 spiro atoms. The zero-order chi connectivity index (χ0) is 15.6. The topological polar surface area (TPSA) is 34.1 Å². The van der Waals surface area contributed by atoms with Crippen LogP contribution in [0.25, 0.3) is 0 Å². The third-order valence-corrected chi connectivity index (χ3v) is 4.63. The van der Waals surface area contributed by atoms with E-state index in [0.717, 1.165) is 5.56 Å². The van der Waals surface area contributed by atoms with Crippen LogP contribution >= 0.6 is 31.9 Å². The third-order valence-electron chi connectivity index (χ3n) is 2.90. The summed E-state index contributed by atoms with van der Waals surface area (Å²) in [6.07, 6.45) is 0.709. The van der Waals surface area contributed by atoms with E-state index in [4.69, 9.17) is 0 Å². The summed E-state index contributed by atoms with van der Waals surface area (Å²) in [5, 5.41) is 0. The first kappa shape index (κ1) is 17.1. The Kier molecular flexibility index (Phi) is 5.66. The summed E-state index contributed by atoms with van der Waals surface area (Å²) >= 11 is 6.84. The van der Waals surface area contributed by atoms with Crippen LogP contribution in [0.5, 0.6) is 0 Å². The lowest BCUT2D eigenvalue weighted by Gasteiger charge is -2.14. The van der Waals surface area contributed by atoms with Gasteiger partial charge in [0.25, 0.3) is 0 Å². The molecule has 0 atom stereocenters. The molecular weight excluding hydrogens is 384 g/mol. The van der Waals surface area contributed by atoms with E-state index >= 15 is 0 Å². The Balaban J connectivity index is 3.70. The summed E-state index contributed by atoms with van der Waals surface area (Å²) in [4.78, 5) is 24.5. The van der Waals surface area contributed by atoms with Gasteiger partial charge in [0.1, 0.15) is 0 Å². The van der Waals surface area contributed by atoms with Crippen LogP contribution in [0.3, 0.4) is 0 Å². The number of aryl methyl sites for hydroxylation is 1. The maximum absolute atomic E-state index is 12.3. The van der Waals surface area contributed by atoms with Gasteiger partial charge in [-0.25, -0.2) is 0 Å². The zero-order valence-electron chi connectivity index (χ0n) is 11.8. The van der Waals surface area contributed by atoms with Crippen LogP contribution < -0.4 is 0 Å². The van der Waals surface area contributed by atoms with Crippen LogP contribution in [0.1, 0.15) is 47.1 Å². The number of allylic oxidation sites excluding steroid dienone is 2. The second-order valence-corrected chi connectivity index (χ2v) is 6.24. The van der Waals surface area contributed by atoms with E-state index in [0.29, 0.717) is 37.6 Å².